The van der Waals surface area contributed by atoms with Gasteiger partial charge in [-0.15, -0.1) is 0 Å². The molecule has 0 aliphatic carbocycles. The van der Waals surface area contributed by atoms with Crippen LogP contribution < -0.4 is 4.90 Å². The van der Waals surface area contributed by atoms with Crippen LogP contribution in [-0.2, 0) is 6.54 Å². The van der Waals surface area contributed by atoms with Gasteiger partial charge in [-0.2, -0.15) is 0 Å². The molecule has 0 unspecified atom stereocenters. The van der Waals surface area contributed by atoms with Gasteiger partial charge in [-0.05, 0) is 50.0 Å². The lowest BCUT2D eigenvalue weighted by atomic mass is 10.1. The second-order valence-corrected chi connectivity index (χ2v) is 4.70. The average Bonchev–Trinajstić information content (AvgIpc) is 2.31. The van der Waals surface area contributed by atoms with Crippen molar-refractivity contribution in [1.29, 1.82) is 0 Å². The number of likely N-dealkylation sites (tertiary alicyclic amines) is 1. The van der Waals surface area contributed by atoms with Crippen LogP contribution in [0.5, 0.6) is 0 Å². The molecular formula is C14H21N2. The summed E-state index contributed by atoms with van der Waals surface area (Å²) in [4.78, 5) is 4.67. The fourth-order valence-electron chi connectivity index (χ4n) is 2.12. The van der Waals surface area contributed by atoms with E-state index in [9.17, 15) is 0 Å². The van der Waals surface area contributed by atoms with E-state index in [2.05, 4.69) is 54.6 Å². The molecule has 1 radical (unpaired) electrons. The highest BCUT2D eigenvalue weighted by molar-refractivity contribution is 5.45. The Kier molecular flexibility index (Phi) is 3.83. The van der Waals surface area contributed by atoms with Crippen LogP contribution in [0.2, 0.25) is 0 Å². The third-order valence-electron chi connectivity index (χ3n) is 3.16. The van der Waals surface area contributed by atoms with Crippen LogP contribution in [0.25, 0.3) is 0 Å². The summed E-state index contributed by atoms with van der Waals surface area (Å²) in [6.45, 7) is 3.53. The lowest BCUT2D eigenvalue weighted by Crippen LogP contribution is -2.29. The van der Waals surface area contributed by atoms with Crippen molar-refractivity contribution in [2.75, 3.05) is 32.1 Å². The van der Waals surface area contributed by atoms with E-state index in [0.29, 0.717) is 0 Å². The molecule has 1 heterocycles. The van der Waals surface area contributed by atoms with E-state index in [1.807, 2.05) is 0 Å². The van der Waals surface area contributed by atoms with Crippen molar-refractivity contribution in [2.24, 2.45) is 0 Å². The standard InChI is InChI=1S/C14H21N2/c1-15(2)14-8-6-13(7-9-14)12-16-10-4-3-5-11-16/h3,6-9H,4-5,10-12H2,1-2H3. The predicted molar refractivity (Wildman–Crippen MR) is 69.6 cm³/mol. The molecule has 0 atom stereocenters. The predicted octanol–water partition coefficient (Wildman–Crippen LogP) is 2.55. The zero-order valence-corrected chi connectivity index (χ0v) is 10.3. The van der Waals surface area contributed by atoms with E-state index in [-0.39, 0.29) is 0 Å². The fourth-order valence-corrected chi connectivity index (χ4v) is 2.12. The summed E-state index contributed by atoms with van der Waals surface area (Å²) >= 11 is 0. The Bertz CT molecular complexity index is 310. The molecule has 1 aromatic carbocycles. The number of rotatable bonds is 3. The van der Waals surface area contributed by atoms with Crippen molar-refractivity contribution < 1.29 is 0 Å². The first-order valence-corrected chi connectivity index (χ1v) is 6.06. The molecule has 2 nitrogen and oxygen atoms in total. The smallest absolute Gasteiger partial charge is 0.0361 e. The average molecular weight is 217 g/mol. The van der Waals surface area contributed by atoms with Crippen molar-refractivity contribution in [2.45, 2.75) is 19.4 Å². The van der Waals surface area contributed by atoms with Crippen LogP contribution in [0.4, 0.5) is 5.69 Å². The number of nitrogens with zero attached hydrogens (tertiary/aromatic N) is 2. The summed E-state index contributed by atoms with van der Waals surface area (Å²) in [5.41, 5.74) is 2.70. The minimum absolute atomic E-state index is 1.10. The first kappa shape index (κ1) is 11.5. The molecule has 1 aliphatic heterocycles. The Morgan fingerprint density at radius 1 is 1.06 bits per heavy atom. The van der Waals surface area contributed by atoms with Crippen LogP contribution >= 0.6 is 0 Å². The molecule has 2 rings (SSSR count). The van der Waals surface area contributed by atoms with Gasteiger partial charge in [-0.25, -0.2) is 0 Å². The van der Waals surface area contributed by atoms with Crippen molar-refractivity contribution >= 4 is 5.69 Å². The highest BCUT2D eigenvalue weighted by Crippen LogP contribution is 2.16. The normalized spacial score (nSPS) is 17.4. The maximum Gasteiger partial charge on any atom is 0.0361 e. The first-order chi connectivity index (χ1) is 7.75. The molecule has 0 bridgehead atoms. The van der Waals surface area contributed by atoms with Crippen molar-refractivity contribution in [1.82, 2.24) is 4.90 Å². The molecule has 1 aromatic rings. The maximum atomic E-state index is 2.53. The van der Waals surface area contributed by atoms with Gasteiger partial charge in [0.15, 0.2) is 0 Å². The number of piperidine rings is 1. The third kappa shape index (κ3) is 2.99. The monoisotopic (exact) mass is 217 g/mol. The number of benzene rings is 1. The quantitative estimate of drug-likeness (QED) is 0.767. The second kappa shape index (κ2) is 5.35. The van der Waals surface area contributed by atoms with Crippen LogP contribution in [0.3, 0.4) is 0 Å². The molecule has 0 N–H and O–H groups in total. The van der Waals surface area contributed by atoms with Gasteiger partial charge in [0.2, 0.25) is 0 Å². The zero-order valence-electron chi connectivity index (χ0n) is 10.3. The summed E-state index contributed by atoms with van der Waals surface area (Å²) in [5, 5.41) is 0. The molecule has 87 valence electrons. The minimum Gasteiger partial charge on any atom is -0.378 e. The van der Waals surface area contributed by atoms with E-state index >= 15 is 0 Å². The van der Waals surface area contributed by atoms with Crippen molar-refractivity contribution in [3.63, 3.8) is 0 Å². The van der Waals surface area contributed by atoms with E-state index in [0.717, 1.165) is 6.54 Å². The van der Waals surface area contributed by atoms with Crippen LogP contribution in [-0.4, -0.2) is 32.1 Å². The number of hydrogen-bond donors (Lipinski definition) is 0. The largest absolute Gasteiger partial charge is 0.378 e. The number of anilines is 1. The van der Waals surface area contributed by atoms with Gasteiger partial charge in [0.05, 0.1) is 0 Å². The van der Waals surface area contributed by atoms with Gasteiger partial charge < -0.3 is 4.90 Å². The Balaban J connectivity index is 1.93. The number of hydrogen-bond acceptors (Lipinski definition) is 2. The van der Waals surface area contributed by atoms with Gasteiger partial charge in [0, 0.05) is 26.3 Å². The summed E-state index contributed by atoms with van der Waals surface area (Å²) in [6.07, 6.45) is 4.89. The summed E-state index contributed by atoms with van der Waals surface area (Å²) in [5.74, 6) is 0. The van der Waals surface area contributed by atoms with Gasteiger partial charge in [-0.3, -0.25) is 4.90 Å². The van der Waals surface area contributed by atoms with E-state index in [1.54, 1.807) is 0 Å². The molecule has 0 aromatic heterocycles. The van der Waals surface area contributed by atoms with Crippen LogP contribution in [0.15, 0.2) is 24.3 Å². The van der Waals surface area contributed by atoms with Crippen LogP contribution in [0.1, 0.15) is 18.4 Å². The Hall–Kier alpha value is -1.02. The summed E-state index contributed by atoms with van der Waals surface area (Å²) in [7, 11) is 4.16. The molecule has 0 saturated carbocycles. The van der Waals surface area contributed by atoms with Gasteiger partial charge in [-0.1, -0.05) is 12.1 Å². The van der Waals surface area contributed by atoms with Gasteiger partial charge >= 0.3 is 0 Å². The molecule has 0 spiro atoms. The second-order valence-electron chi connectivity index (χ2n) is 4.70. The maximum absolute atomic E-state index is 2.53. The van der Waals surface area contributed by atoms with Gasteiger partial charge in [0.25, 0.3) is 0 Å². The third-order valence-corrected chi connectivity index (χ3v) is 3.16. The highest BCUT2D eigenvalue weighted by atomic mass is 15.1. The molecule has 0 amide bonds. The Labute approximate surface area is 98.9 Å². The molecular weight excluding hydrogens is 196 g/mol. The zero-order chi connectivity index (χ0) is 11.4. The van der Waals surface area contributed by atoms with E-state index in [1.165, 1.54) is 37.2 Å². The SMILES string of the molecule is CN(C)c1ccc(CN2CC[CH]CC2)cc1. The molecule has 1 fully saturated rings. The topological polar surface area (TPSA) is 6.48 Å². The molecule has 1 saturated heterocycles. The summed E-state index contributed by atoms with van der Waals surface area (Å²) < 4.78 is 0. The Morgan fingerprint density at radius 3 is 2.25 bits per heavy atom. The minimum atomic E-state index is 1.10. The lowest BCUT2D eigenvalue weighted by molar-refractivity contribution is 0.246. The fraction of sp³-hybridized carbons (Fsp3) is 0.500. The lowest BCUT2D eigenvalue weighted by Gasteiger charge is -2.26. The first-order valence-electron chi connectivity index (χ1n) is 6.06. The highest BCUT2D eigenvalue weighted by Gasteiger charge is 2.10. The Morgan fingerprint density at radius 2 is 1.69 bits per heavy atom. The van der Waals surface area contributed by atoms with Crippen molar-refractivity contribution in [3.8, 4) is 0 Å². The van der Waals surface area contributed by atoms with Crippen LogP contribution in [0, 0.1) is 6.42 Å². The van der Waals surface area contributed by atoms with Gasteiger partial charge in [0.1, 0.15) is 0 Å². The molecule has 16 heavy (non-hydrogen) atoms. The van der Waals surface area contributed by atoms with E-state index in [4.69, 9.17) is 0 Å². The molecule has 1 aliphatic rings. The summed E-state index contributed by atoms with van der Waals surface area (Å²) in [6, 6.07) is 8.89. The van der Waals surface area contributed by atoms with E-state index < -0.39 is 0 Å². The van der Waals surface area contributed by atoms with Crippen molar-refractivity contribution in [3.05, 3.63) is 36.2 Å². The molecule has 2 heteroatoms.